The molecule has 0 bridgehead atoms. The van der Waals surface area contributed by atoms with Gasteiger partial charge in [-0.25, -0.2) is 13.2 Å². The van der Waals surface area contributed by atoms with Crippen LogP contribution in [0.4, 0.5) is 5.69 Å². The summed E-state index contributed by atoms with van der Waals surface area (Å²) < 4.78 is 26.7. The van der Waals surface area contributed by atoms with Gasteiger partial charge in [0, 0.05) is 10.4 Å². The number of benzene rings is 1. The topological polar surface area (TPSA) is 83.5 Å². The van der Waals surface area contributed by atoms with Gasteiger partial charge in [0.1, 0.15) is 4.21 Å². The first-order chi connectivity index (χ1) is 9.31. The Balaban J connectivity index is 2.35. The predicted molar refractivity (Wildman–Crippen MR) is 78.3 cm³/mol. The van der Waals surface area contributed by atoms with Crippen molar-refractivity contribution in [3.05, 3.63) is 45.8 Å². The monoisotopic (exact) mass is 331 g/mol. The maximum Gasteiger partial charge on any atom is 0.336 e. The highest BCUT2D eigenvalue weighted by molar-refractivity contribution is 7.94. The van der Waals surface area contributed by atoms with Crippen molar-refractivity contribution in [2.45, 2.75) is 11.1 Å². The van der Waals surface area contributed by atoms with Crippen LogP contribution in [0.15, 0.2) is 33.9 Å². The summed E-state index contributed by atoms with van der Waals surface area (Å²) in [6.07, 6.45) is 0. The van der Waals surface area contributed by atoms with E-state index in [1.54, 1.807) is 25.1 Å². The highest BCUT2D eigenvalue weighted by Gasteiger charge is 2.20. The first-order valence-corrected chi connectivity index (χ1v) is 8.15. The highest BCUT2D eigenvalue weighted by atomic mass is 35.5. The summed E-state index contributed by atoms with van der Waals surface area (Å²) >= 11 is 6.77. The summed E-state index contributed by atoms with van der Waals surface area (Å²) in [5.74, 6) is -1.17. The number of hydrogen-bond acceptors (Lipinski definition) is 4. The molecule has 8 heteroatoms. The van der Waals surface area contributed by atoms with E-state index in [9.17, 15) is 13.2 Å². The maximum absolute atomic E-state index is 12.2. The molecular weight excluding hydrogens is 322 g/mol. The van der Waals surface area contributed by atoms with Crippen molar-refractivity contribution >= 4 is 44.6 Å². The molecule has 0 amide bonds. The van der Waals surface area contributed by atoms with Gasteiger partial charge in [0.15, 0.2) is 0 Å². The van der Waals surface area contributed by atoms with E-state index in [1.165, 1.54) is 5.38 Å². The van der Waals surface area contributed by atoms with Crippen LogP contribution < -0.4 is 4.72 Å². The summed E-state index contributed by atoms with van der Waals surface area (Å²) in [5.41, 5.74) is 0.911. The van der Waals surface area contributed by atoms with Gasteiger partial charge in [-0.05, 0) is 30.7 Å². The van der Waals surface area contributed by atoms with Crippen LogP contribution in [-0.4, -0.2) is 19.5 Å². The van der Waals surface area contributed by atoms with E-state index in [0.29, 0.717) is 16.3 Å². The van der Waals surface area contributed by atoms with Crippen LogP contribution in [0.25, 0.3) is 0 Å². The zero-order valence-electron chi connectivity index (χ0n) is 10.3. The van der Waals surface area contributed by atoms with Gasteiger partial charge in [-0.15, -0.1) is 11.3 Å². The molecule has 1 heterocycles. The van der Waals surface area contributed by atoms with Crippen LogP contribution in [-0.2, 0) is 10.0 Å². The largest absolute Gasteiger partial charge is 0.478 e. The number of carbonyl (C=O) groups is 1. The van der Waals surface area contributed by atoms with Crippen molar-refractivity contribution in [1.82, 2.24) is 0 Å². The Morgan fingerprint density at radius 2 is 2.10 bits per heavy atom. The summed E-state index contributed by atoms with van der Waals surface area (Å²) in [6.45, 7) is 1.69. The minimum absolute atomic E-state index is 0.0572. The standard InChI is InChI=1S/C12H10ClNO4S2/c1-7-9(13)3-2-4-10(7)14-20(17,18)11-5-8(6-19-11)12(15)16/h2-6,14H,1H3,(H,15,16). The van der Waals surface area contributed by atoms with Crippen LogP contribution >= 0.6 is 22.9 Å². The molecule has 0 unspecified atom stereocenters. The summed E-state index contributed by atoms with van der Waals surface area (Å²) in [4.78, 5) is 10.8. The maximum atomic E-state index is 12.2. The Morgan fingerprint density at radius 1 is 1.40 bits per heavy atom. The van der Waals surface area contributed by atoms with E-state index in [2.05, 4.69) is 4.72 Å². The molecule has 0 spiro atoms. The molecule has 1 aromatic carbocycles. The third-order valence-corrected chi connectivity index (χ3v) is 5.81. The third kappa shape index (κ3) is 2.95. The van der Waals surface area contributed by atoms with Gasteiger partial charge in [0.05, 0.1) is 11.3 Å². The Morgan fingerprint density at radius 3 is 2.70 bits per heavy atom. The molecule has 0 aliphatic carbocycles. The number of halogens is 1. The van der Waals surface area contributed by atoms with Crippen LogP contribution in [0, 0.1) is 6.92 Å². The second-order valence-electron chi connectivity index (χ2n) is 3.98. The number of anilines is 1. The summed E-state index contributed by atoms with van der Waals surface area (Å²) in [6, 6.07) is 5.99. The molecule has 1 aromatic heterocycles. The number of thiophene rings is 1. The van der Waals surface area contributed by atoms with Crippen molar-refractivity contribution in [3.63, 3.8) is 0 Å². The van der Waals surface area contributed by atoms with E-state index in [0.717, 1.165) is 17.4 Å². The quantitative estimate of drug-likeness (QED) is 0.901. The molecule has 0 fully saturated rings. The fraction of sp³-hybridized carbons (Fsp3) is 0.0833. The average Bonchev–Trinajstić information content (AvgIpc) is 2.85. The van der Waals surface area contributed by atoms with Gasteiger partial charge in [0.2, 0.25) is 0 Å². The molecular formula is C12H10ClNO4S2. The molecule has 5 nitrogen and oxygen atoms in total. The molecule has 0 radical (unpaired) electrons. The molecule has 0 saturated carbocycles. The van der Waals surface area contributed by atoms with E-state index in [-0.39, 0.29) is 9.77 Å². The van der Waals surface area contributed by atoms with Crippen LogP contribution in [0.1, 0.15) is 15.9 Å². The second kappa shape index (κ2) is 5.43. The average molecular weight is 332 g/mol. The number of nitrogens with one attached hydrogen (secondary N) is 1. The normalized spacial score (nSPS) is 11.3. The predicted octanol–water partition coefficient (Wildman–Crippen LogP) is 3.21. The molecule has 106 valence electrons. The number of carboxylic acids is 1. The lowest BCUT2D eigenvalue weighted by Gasteiger charge is -2.10. The minimum atomic E-state index is -3.82. The number of carboxylic acid groups (broad SMARTS) is 1. The number of sulfonamides is 1. The molecule has 20 heavy (non-hydrogen) atoms. The van der Waals surface area contributed by atoms with Gasteiger partial charge >= 0.3 is 5.97 Å². The lowest BCUT2D eigenvalue weighted by molar-refractivity contribution is 0.0697. The van der Waals surface area contributed by atoms with E-state index >= 15 is 0 Å². The summed E-state index contributed by atoms with van der Waals surface area (Å²) in [7, 11) is -3.82. The van der Waals surface area contributed by atoms with Crippen molar-refractivity contribution in [2.75, 3.05) is 4.72 Å². The van der Waals surface area contributed by atoms with Crippen molar-refractivity contribution in [3.8, 4) is 0 Å². The molecule has 0 saturated heterocycles. The molecule has 0 aliphatic rings. The molecule has 0 aliphatic heterocycles. The molecule has 0 atom stereocenters. The zero-order chi connectivity index (χ0) is 14.9. The van der Waals surface area contributed by atoms with Crippen molar-refractivity contribution in [1.29, 1.82) is 0 Å². The Bertz CT molecular complexity index is 768. The first-order valence-electron chi connectivity index (χ1n) is 5.41. The smallest absolute Gasteiger partial charge is 0.336 e. The van der Waals surface area contributed by atoms with Crippen LogP contribution in [0.3, 0.4) is 0 Å². The molecule has 2 aromatic rings. The van der Waals surface area contributed by atoms with E-state index in [4.69, 9.17) is 16.7 Å². The SMILES string of the molecule is Cc1c(Cl)cccc1NS(=O)(=O)c1cc(C(=O)O)cs1. The fourth-order valence-electron chi connectivity index (χ4n) is 1.48. The van der Waals surface area contributed by atoms with Gasteiger partial charge < -0.3 is 5.11 Å². The number of rotatable bonds is 4. The minimum Gasteiger partial charge on any atom is -0.478 e. The van der Waals surface area contributed by atoms with Gasteiger partial charge in [-0.2, -0.15) is 0 Å². The lowest BCUT2D eigenvalue weighted by atomic mass is 10.2. The zero-order valence-corrected chi connectivity index (χ0v) is 12.6. The van der Waals surface area contributed by atoms with Gasteiger partial charge in [-0.1, -0.05) is 17.7 Å². The van der Waals surface area contributed by atoms with Gasteiger partial charge in [0.25, 0.3) is 10.0 Å². The Kier molecular flexibility index (Phi) is 4.03. The first kappa shape index (κ1) is 14.8. The lowest BCUT2D eigenvalue weighted by Crippen LogP contribution is -2.12. The Hall–Kier alpha value is -1.57. The summed E-state index contributed by atoms with van der Waals surface area (Å²) in [5, 5.41) is 10.5. The van der Waals surface area contributed by atoms with Gasteiger partial charge in [-0.3, -0.25) is 4.72 Å². The highest BCUT2D eigenvalue weighted by Crippen LogP contribution is 2.27. The van der Waals surface area contributed by atoms with E-state index in [1.807, 2.05) is 0 Å². The van der Waals surface area contributed by atoms with Crippen LogP contribution in [0.5, 0.6) is 0 Å². The second-order valence-corrected chi connectivity index (χ2v) is 7.21. The van der Waals surface area contributed by atoms with E-state index < -0.39 is 16.0 Å². The Labute approximate surface area is 124 Å². The molecule has 2 rings (SSSR count). The molecule has 2 N–H and O–H groups in total. The van der Waals surface area contributed by atoms with Crippen molar-refractivity contribution in [2.24, 2.45) is 0 Å². The third-order valence-electron chi connectivity index (χ3n) is 2.60. The number of hydrogen-bond donors (Lipinski definition) is 2. The van der Waals surface area contributed by atoms with Crippen molar-refractivity contribution < 1.29 is 18.3 Å². The number of aromatic carboxylic acids is 1. The van der Waals surface area contributed by atoms with Crippen LogP contribution in [0.2, 0.25) is 5.02 Å². The fourth-order valence-corrected chi connectivity index (χ4v) is 3.93.